The van der Waals surface area contributed by atoms with E-state index in [1.165, 1.54) is 18.3 Å². The number of carbonyl (C=O) groups excluding carboxylic acids is 2. The van der Waals surface area contributed by atoms with Crippen LogP contribution in [0.1, 0.15) is 29.3 Å². The molecule has 24 heavy (non-hydrogen) atoms. The number of nitrogens with zero attached hydrogens (tertiary/aromatic N) is 2. The lowest BCUT2D eigenvalue weighted by atomic mass is 10.2. The molecule has 3 rings (SSSR count). The van der Waals surface area contributed by atoms with Crippen molar-refractivity contribution >= 4 is 29.2 Å². The third kappa shape index (κ3) is 3.26. The van der Waals surface area contributed by atoms with E-state index >= 15 is 0 Å². The van der Waals surface area contributed by atoms with Crippen LogP contribution in [0.25, 0.3) is 0 Å². The van der Waals surface area contributed by atoms with E-state index in [-0.39, 0.29) is 16.6 Å². The average Bonchev–Trinajstić information content (AvgIpc) is 3.03. The van der Waals surface area contributed by atoms with Gasteiger partial charge in [-0.2, -0.15) is 0 Å². The van der Waals surface area contributed by atoms with Gasteiger partial charge in [0.1, 0.15) is 5.15 Å². The molecular formula is C18H17ClN2O3. The number of hydrogen-bond acceptors (Lipinski definition) is 4. The van der Waals surface area contributed by atoms with Gasteiger partial charge >= 0.3 is 5.97 Å². The Morgan fingerprint density at radius 3 is 2.88 bits per heavy atom. The van der Waals surface area contributed by atoms with Crippen LogP contribution in [0, 0.1) is 0 Å². The summed E-state index contributed by atoms with van der Waals surface area (Å²) in [7, 11) is 0. The van der Waals surface area contributed by atoms with E-state index in [2.05, 4.69) is 4.98 Å². The Kier molecular flexibility index (Phi) is 4.81. The van der Waals surface area contributed by atoms with E-state index in [9.17, 15) is 9.59 Å². The van der Waals surface area contributed by atoms with E-state index in [4.69, 9.17) is 16.3 Å². The number of amides is 1. The van der Waals surface area contributed by atoms with Crippen molar-refractivity contribution < 1.29 is 14.3 Å². The second kappa shape index (κ2) is 7.01. The first kappa shape index (κ1) is 16.5. The van der Waals surface area contributed by atoms with Gasteiger partial charge in [0.15, 0.2) is 6.10 Å². The fraction of sp³-hybridized carbons (Fsp3) is 0.278. The molecule has 124 valence electrons. The molecule has 0 aliphatic carbocycles. The second-order valence-corrected chi connectivity index (χ2v) is 5.93. The maximum Gasteiger partial charge on any atom is 0.339 e. The number of hydrogen-bond donors (Lipinski definition) is 0. The number of esters is 1. The number of fused-ring (bicyclic) bond motifs is 1. The maximum atomic E-state index is 12.8. The van der Waals surface area contributed by atoms with Gasteiger partial charge in [0.05, 0.1) is 5.56 Å². The number of halogens is 1. The maximum absolute atomic E-state index is 12.8. The Bertz CT molecular complexity index is 778. The van der Waals surface area contributed by atoms with E-state index < -0.39 is 12.1 Å². The Labute approximate surface area is 145 Å². The van der Waals surface area contributed by atoms with Crippen LogP contribution in [0.3, 0.4) is 0 Å². The Balaban J connectivity index is 1.75. The topological polar surface area (TPSA) is 59.5 Å². The molecule has 1 aromatic heterocycles. The van der Waals surface area contributed by atoms with Gasteiger partial charge in [0.25, 0.3) is 5.91 Å². The zero-order valence-electron chi connectivity index (χ0n) is 13.2. The van der Waals surface area contributed by atoms with Crippen molar-refractivity contribution in [3.63, 3.8) is 0 Å². The molecular weight excluding hydrogens is 328 g/mol. The number of pyridine rings is 1. The predicted molar refractivity (Wildman–Crippen MR) is 91.2 cm³/mol. The third-order valence-corrected chi connectivity index (χ3v) is 4.22. The highest BCUT2D eigenvalue weighted by atomic mass is 35.5. The molecule has 2 heterocycles. The molecule has 0 saturated carbocycles. The molecule has 0 spiro atoms. The number of carbonyl (C=O) groups is 2. The molecule has 1 atom stereocenters. The van der Waals surface area contributed by atoms with Crippen LogP contribution in [0.4, 0.5) is 5.69 Å². The zero-order chi connectivity index (χ0) is 17.1. The van der Waals surface area contributed by atoms with Crippen LogP contribution in [0.15, 0.2) is 42.6 Å². The van der Waals surface area contributed by atoms with Gasteiger partial charge in [-0.1, -0.05) is 36.7 Å². The fourth-order valence-corrected chi connectivity index (χ4v) is 2.95. The van der Waals surface area contributed by atoms with Gasteiger partial charge in [-0.05, 0) is 36.6 Å². The summed E-state index contributed by atoms with van der Waals surface area (Å²) in [4.78, 5) is 30.6. The Morgan fingerprint density at radius 1 is 1.33 bits per heavy atom. The minimum Gasteiger partial charge on any atom is -0.449 e. The van der Waals surface area contributed by atoms with E-state index in [0.717, 1.165) is 17.7 Å². The summed E-state index contributed by atoms with van der Waals surface area (Å²) in [6.07, 6.45) is 1.82. The highest BCUT2D eigenvalue weighted by Gasteiger charge is 2.31. The number of benzene rings is 1. The molecule has 0 saturated heterocycles. The average molecular weight is 345 g/mol. The lowest BCUT2D eigenvalue weighted by molar-refractivity contribution is -0.127. The molecule has 0 N–H and O–H groups in total. The van der Waals surface area contributed by atoms with Gasteiger partial charge in [-0.3, -0.25) is 4.79 Å². The number of ether oxygens (including phenoxy) is 1. The molecule has 1 amide bonds. The molecule has 0 radical (unpaired) electrons. The highest BCUT2D eigenvalue weighted by molar-refractivity contribution is 6.29. The molecule has 1 aromatic carbocycles. The summed E-state index contributed by atoms with van der Waals surface area (Å²) in [5.74, 6) is -0.775. The summed E-state index contributed by atoms with van der Waals surface area (Å²) in [5.41, 5.74) is 2.31. The summed E-state index contributed by atoms with van der Waals surface area (Å²) < 4.78 is 5.41. The van der Waals surface area contributed by atoms with Gasteiger partial charge < -0.3 is 9.64 Å². The number of para-hydroxylation sites is 1. The molecule has 0 fully saturated rings. The quantitative estimate of drug-likeness (QED) is 0.631. The van der Waals surface area contributed by atoms with Gasteiger partial charge in [0.2, 0.25) is 0 Å². The van der Waals surface area contributed by atoms with Crippen LogP contribution >= 0.6 is 11.6 Å². The van der Waals surface area contributed by atoms with E-state index in [1.54, 1.807) is 4.90 Å². The molecule has 1 unspecified atom stereocenters. The molecule has 5 nitrogen and oxygen atoms in total. The van der Waals surface area contributed by atoms with Crippen LogP contribution in [-0.2, 0) is 16.0 Å². The molecule has 2 aromatic rings. The molecule has 0 bridgehead atoms. The van der Waals surface area contributed by atoms with Crippen LogP contribution in [-0.4, -0.2) is 29.5 Å². The standard InChI is InChI=1S/C18H17ClN2O3/c1-2-15(24-18(23)13-7-9-20-16(19)11-13)17(22)21-10-8-12-5-3-4-6-14(12)21/h3-7,9,11,15H,2,8,10H2,1H3. The lowest BCUT2D eigenvalue weighted by Gasteiger charge is -2.23. The van der Waals surface area contributed by atoms with E-state index in [0.29, 0.717) is 13.0 Å². The monoisotopic (exact) mass is 344 g/mol. The van der Waals surface area contributed by atoms with Gasteiger partial charge in [0, 0.05) is 18.4 Å². The lowest BCUT2D eigenvalue weighted by Crippen LogP contribution is -2.40. The zero-order valence-corrected chi connectivity index (χ0v) is 14.0. The number of anilines is 1. The summed E-state index contributed by atoms with van der Waals surface area (Å²) in [6, 6.07) is 10.7. The van der Waals surface area contributed by atoms with Gasteiger partial charge in [-0.25, -0.2) is 9.78 Å². The minimum atomic E-state index is -0.824. The molecule has 1 aliphatic rings. The van der Waals surface area contributed by atoms with Crippen molar-refractivity contribution in [1.29, 1.82) is 0 Å². The highest BCUT2D eigenvalue weighted by Crippen LogP contribution is 2.28. The second-order valence-electron chi connectivity index (χ2n) is 5.54. The van der Waals surface area contributed by atoms with Crippen LogP contribution in [0.5, 0.6) is 0 Å². The fourth-order valence-electron chi connectivity index (χ4n) is 2.78. The van der Waals surface area contributed by atoms with Crippen LogP contribution in [0.2, 0.25) is 5.15 Å². The third-order valence-electron chi connectivity index (χ3n) is 4.01. The molecule has 1 aliphatic heterocycles. The summed E-state index contributed by atoms with van der Waals surface area (Å²) in [5, 5.41) is 0.206. The SMILES string of the molecule is CCC(OC(=O)c1ccnc(Cl)c1)C(=O)N1CCc2ccccc21. The Morgan fingerprint density at radius 2 is 2.12 bits per heavy atom. The summed E-state index contributed by atoms with van der Waals surface area (Å²) in [6.45, 7) is 2.42. The first-order chi connectivity index (χ1) is 11.6. The van der Waals surface area contributed by atoms with E-state index in [1.807, 2.05) is 31.2 Å². The largest absolute Gasteiger partial charge is 0.449 e. The van der Waals surface area contributed by atoms with Crippen molar-refractivity contribution in [2.45, 2.75) is 25.9 Å². The van der Waals surface area contributed by atoms with Crippen LogP contribution < -0.4 is 4.90 Å². The van der Waals surface area contributed by atoms with Crippen molar-refractivity contribution in [2.24, 2.45) is 0 Å². The smallest absolute Gasteiger partial charge is 0.339 e. The number of rotatable bonds is 4. The van der Waals surface area contributed by atoms with Crippen molar-refractivity contribution in [2.75, 3.05) is 11.4 Å². The van der Waals surface area contributed by atoms with Crippen molar-refractivity contribution in [3.05, 3.63) is 58.9 Å². The predicted octanol–water partition coefficient (Wildman–Crippen LogP) is 3.26. The first-order valence-electron chi connectivity index (χ1n) is 7.82. The number of aromatic nitrogens is 1. The minimum absolute atomic E-state index is 0.198. The van der Waals surface area contributed by atoms with Gasteiger partial charge in [-0.15, -0.1) is 0 Å². The summed E-state index contributed by atoms with van der Waals surface area (Å²) >= 11 is 5.79. The molecule has 6 heteroatoms. The first-order valence-corrected chi connectivity index (χ1v) is 8.19. The van der Waals surface area contributed by atoms with Crippen molar-refractivity contribution in [3.8, 4) is 0 Å². The van der Waals surface area contributed by atoms with Crippen molar-refractivity contribution in [1.82, 2.24) is 4.98 Å². The normalized spacial score (nSPS) is 14.2. The Hall–Kier alpha value is -2.40.